The van der Waals surface area contributed by atoms with Crippen LogP contribution in [0.25, 0.3) is 0 Å². The topological polar surface area (TPSA) is 73.0 Å². The molecular weight excluding hydrogens is 352 g/mol. The van der Waals surface area contributed by atoms with Crippen molar-refractivity contribution < 1.29 is 9.52 Å². The van der Waals surface area contributed by atoms with Gasteiger partial charge in [-0.05, 0) is 44.6 Å². The number of likely N-dealkylation sites (N-methyl/N-ethyl adjacent to an activating group) is 1. The Morgan fingerprint density at radius 2 is 1.82 bits per heavy atom. The number of aliphatic hydroxyl groups is 1. The molecule has 0 aliphatic heterocycles. The number of aliphatic imine (C=N–C) groups is 1. The van der Waals surface area contributed by atoms with Crippen LogP contribution in [0.4, 0.5) is 0 Å². The fourth-order valence-electron chi connectivity index (χ4n) is 3.23. The maximum atomic E-state index is 10.6. The summed E-state index contributed by atoms with van der Waals surface area (Å²) in [5, 5.41) is 17.3. The number of nitrogens with zero attached hydrogens (tertiary/aromatic N) is 2. The van der Waals surface area contributed by atoms with Gasteiger partial charge in [-0.3, -0.25) is 4.90 Å². The van der Waals surface area contributed by atoms with Crippen molar-refractivity contribution in [1.82, 2.24) is 15.5 Å². The molecule has 3 N–H and O–H groups in total. The SMILES string of the molecule is CCNC(=NCC(C)(O)c1ccco1)NCC(c1ccccc1)N(CC)CC. The Balaban J connectivity index is 2.10. The number of guanidine groups is 1. The van der Waals surface area contributed by atoms with E-state index in [4.69, 9.17) is 4.42 Å². The molecule has 0 radical (unpaired) electrons. The average Bonchev–Trinajstić information content (AvgIpc) is 3.26. The first-order valence-electron chi connectivity index (χ1n) is 10.1. The molecule has 2 aromatic rings. The standard InChI is InChI=1S/C22H34N4O2/c1-5-23-21(25-17-22(4,27)20-14-11-15-28-20)24-16-19(26(6-2)7-3)18-12-9-8-10-13-18/h8-15,19,27H,5-7,16-17H2,1-4H3,(H2,23,24,25). The monoisotopic (exact) mass is 386 g/mol. The third-order valence-corrected chi connectivity index (χ3v) is 4.84. The van der Waals surface area contributed by atoms with Gasteiger partial charge in [0.05, 0.1) is 18.8 Å². The Morgan fingerprint density at radius 3 is 2.39 bits per heavy atom. The first kappa shape index (κ1) is 22.0. The van der Waals surface area contributed by atoms with Gasteiger partial charge in [-0.15, -0.1) is 0 Å². The molecule has 28 heavy (non-hydrogen) atoms. The quantitative estimate of drug-likeness (QED) is 0.432. The van der Waals surface area contributed by atoms with Gasteiger partial charge in [-0.2, -0.15) is 0 Å². The highest BCUT2D eigenvalue weighted by molar-refractivity contribution is 5.79. The molecule has 0 bridgehead atoms. The van der Waals surface area contributed by atoms with E-state index in [1.54, 1.807) is 25.3 Å². The molecule has 0 saturated carbocycles. The van der Waals surface area contributed by atoms with Crippen LogP contribution in [0.1, 0.15) is 45.1 Å². The van der Waals surface area contributed by atoms with Gasteiger partial charge in [0.15, 0.2) is 5.96 Å². The smallest absolute Gasteiger partial charge is 0.191 e. The van der Waals surface area contributed by atoms with E-state index in [1.807, 2.05) is 13.0 Å². The zero-order valence-electron chi connectivity index (χ0n) is 17.5. The molecule has 0 aliphatic carbocycles. The molecule has 1 aromatic carbocycles. The highest BCUT2D eigenvalue weighted by Gasteiger charge is 2.26. The minimum atomic E-state index is -1.15. The molecule has 0 fully saturated rings. The molecule has 1 aromatic heterocycles. The summed E-state index contributed by atoms with van der Waals surface area (Å²) in [5.41, 5.74) is 0.126. The zero-order chi connectivity index (χ0) is 20.4. The van der Waals surface area contributed by atoms with Crippen molar-refractivity contribution in [3.8, 4) is 0 Å². The Kier molecular flexibility index (Phi) is 8.54. The van der Waals surface area contributed by atoms with E-state index in [0.29, 0.717) is 11.7 Å². The molecule has 0 amide bonds. The lowest BCUT2D eigenvalue weighted by molar-refractivity contribution is 0.0437. The van der Waals surface area contributed by atoms with E-state index in [1.165, 1.54) is 5.56 Å². The van der Waals surface area contributed by atoms with Crippen LogP contribution in [0.5, 0.6) is 0 Å². The maximum absolute atomic E-state index is 10.6. The Labute approximate surface area is 168 Å². The lowest BCUT2D eigenvalue weighted by Gasteiger charge is -2.31. The van der Waals surface area contributed by atoms with E-state index < -0.39 is 5.60 Å². The normalized spacial score (nSPS) is 15.3. The van der Waals surface area contributed by atoms with E-state index in [2.05, 4.69) is 58.6 Å². The summed E-state index contributed by atoms with van der Waals surface area (Å²) in [7, 11) is 0. The van der Waals surface area contributed by atoms with Crippen LogP contribution in [-0.2, 0) is 5.60 Å². The minimum Gasteiger partial charge on any atom is -0.466 e. The summed E-state index contributed by atoms with van der Waals surface area (Å²) in [4.78, 5) is 7.01. The van der Waals surface area contributed by atoms with Crippen molar-refractivity contribution in [3.05, 3.63) is 60.1 Å². The van der Waals surface area contributed by atoms with Crippen molar-refractivity contribution in [1.29, 1.82) is 0 Å². The van der Waals surface area contributed by atoms with Crippen LogP contribution in [0.15, 0.2) is 58.1 Å². The molecule has 6 heteroatoms. The second-order valence-electron chi connectivity index (χ2n) is 6.97. The maximum Gasteiger partial charge on any atom is 0.191 e. The number of furan rings is 1. The summed E-state index contributed by atoms with van der Waals surface area (Å²) in [6.45, 7) is 11.7. The fourth-order valence-corrected chi connectivity index (χ4v) is 3.23. The van der Waals surface area contributed by atoms with Gasteiger partial charge in [0.2, 0.25) is 0 Å². The Hall–Kier alpha value is -2.31. The Bertz CT molecular complexity index is 695. The average molecular weight is 387 g/mol. The van der Waals surface area contributed by atoms with E-state index >= 15 is 0 Å². The number of rotatable bonds is 10. The number of benzene rings is 1. The zero-order valence-corrected chi connectivity index (χ0v) is 17.5. The first-order chi connectivity index (χ1) is 13.5. The first-order valence-corrected chi connectivity index (χ1v) is 10.1. The summed E-state index contributed by atoms with van der Waals surface area (Å²) in [6, 6.07) is 14.3. The molecule has 2 rings (SSSR count). The molecule has 0 spiro atoms. The summed E-state index contributed by atoms with van der Waals surface area (Å²) >= 11 is 0. The highest BCUT2D eigenvalue weighted by atomic mass is 16.4. The van der Waals surface area contributed by atoms with Crippen LogP contribution in [-0.4, -0.2) is 48.7 Å². The number of hydrogen-bond donors (Lipinski definition) is 3. The molecule has 6 nitrogen and oxygen atoms in total. The molecule has 2 atom stereocenters. The fraction of sp³-hybridized carbons (Fsp3) is 0.500. The van der Waals surface area contributed by atoms with Gasteiger partial charge in [0.25, 0.3) is 0 Å². The summed E-state index contributed by atoms with van der Waals surface area (Å²) < 4.78 is 5.34. The van der Waals surface area contributed by atoms with Crippen LogP contribution in [0.3, 0.4) is 0 Å². The van der Waals surface area contributed by atoms with Crippen molar-refractivity contribution in [2.75, 3.05) is 32.7 Å². The van der Waals surface area contributed by atoms with Gasteiger partial charge in [0, 0.05) is 13.1 Å². The largest absolute Gasteiger partial charge is 0.466 e. The minimum absolute atomic E-state index is 0.205. The van der Waals surface area contributed by atoms with Crippen molar-refractivity contribution in [3.63, 3.8) is 0 Å². The van der Waals surface area contributed by atoms with Crippen LogP contribution in [0, 0.1) is 0 Å². The van der Waals surface area contributed by atoms with Gasteiger partial charge >= 0.3 is 0 Å². The second-order valence-corrected chi connectivity index (χ2v) is 6.97. The van der Waals surface area contributed by atoms with Gasteiger partial charge in [-0.1, -0.05) is 44.2 Å². The van der Waals surface area contributed by atoms with Crippen LogP contribution >= 0.6 is 0 Å². The number of nitrogens with one attached hydrogen (secondary N) is 2. The lowest BCUT2D eigenvalue weighted by Crippen LogP contribution is -2.44. The highest BCUT2D eigenvalue weighted by Crippen LogP contribution is 2.21. The third kappa shape index (κ3) is 6.11. The van der Waals surface area contributed by atoms with Gasteiger partial charge < -0.3 is 20.2 Å². The van der Waals surface area contributed by atoms with Crippen LogP contribution < -0.4 is 10.6 Å². The van der Waals surface area contributed by atoms with Crippen molar-refractivity contribution in [2.45, 2.75) is 39.3 Å². The summed E-state index contributed by atoms with van der Waals surface area (Å²) in [5.74, 6) is 1.19. The van der Waals surface area contributed by atoms with Gasteiger partial charge in [-0.25, -0.2) is 4.99 Å². The second kappa shape index (κ2) is 10.9. The van der Waals surface area contributed by atoms with Crippen LogP contribution in [0.2, 0.25) is 0 Å². The van der Waals surface area contributed by atoms with Crippen molar-refractivity contribution in [2.24, 2.45) is 4.99 Å². The molecule has 0 aliphatic rings. The lowest BCUT2D eigenvalue weighted by atomic mass is 10.0. The third-order valence-electron chi connectivity index (χ3n) is 4.84. The predicted molar refractivity (Wildman–Crippen MR) is 114 cm³/mol. The van der Waals surface area contributed by atoms with E-state index in [9.17, 15) is 5.11 Å². The molecule has 2 unspecified atom stereocenters. The van der Waals surface area contributed by atoms with Crippen molar-refractivity contribution >= 4 is 5.96 Å². The number of hydrogen-bond acceptors (Lipinski definition) is 4. The van der Waals surface area contributed by atoms with E-state index in [0.717, 1.165) is 26.2 Å². The molecule has 154 valence electrons. The molecular formula is C22H34N4O2. The van der Waals surface area contributed by atoms with E-state index in [-0.39, 0.29) is 12.6 Å². The predicted octanol–water partition coefficient (Wildman–Crippen LogP) is 3.13. The van der Waals surface area contributed by atoms with Gasteiger partial charge in [0.1, 0.15) is 11.4 Å². The Morgan fingerprint density at radius 1 is 1.11 bits per heavy atom. The molecule has 0 saturated heterocycles. The summed E-state index contributed by atoms with van der Waals surface area (Å²) in [6.07, 6.45) is 1.56. The molecule has 1 heterocycles.